The molecule has 0 saturated heterocycles. The molecule has 2 aromatic carbocycles. The number of hydrogen-bond donors (Lipinski definition) is 1. The summed E-state index contributed by atoms with van der Waals surface area (Å²) in [6.07, 6.45) is 0. The molecule has 110 valence electrons. The lowest BCUT2D eigenvalue weighted by Crippen LogP contribution is -2.27. The molecule has 2 rings (SSSR count). The van der Waals surface area contributed by atoms with Gasteiger partial charge in [0.05, 0.1) is 5.56 Å². The molecular formula is C16H16F2N2O. The van der Waals surface area contributed by atoms with Gasteiger partial charge in [-0.3, -0.25) is 4.79 Å². The smallest absolute Gasteiger partial charge is 0.260 e. The first-order valence-corrected chi connectivity index (χ1v) is 6.40. The maximum absolute atomic E-state index is 13.3. The van der Waals surface area contributed by atoms with Crippen LogP contribution in [0.5, 0.6) is 0 Å². The van der Waals surface area contributed by atoms with Crippen LogP contribution >= 0.6 is 0 Å². The number of anilines is 2. The van der Waals surface area contributed by atoms with Gasteiger partial charge in [0.25, 0.3) is 5.91 Å². The van der Waals surface area contributed by atoms with Crippen molar-refractivity contribution < 1.29 is 13.6 Å². The maximum Gasteiger partial charge on any atom is 0.260 e. The summed E-state index contributed by atoms with van der Waals surface area (Å²) in [5.41, 5.74) is 8.14. The summed E-state index contributed by atoms with van der Waals surface area (Å²) in [7, 11) is 1.57. The highest BCUT2D eigenvalue weighted by molar-refractivity contribution is 6.09. The number of aryl methyl sites for hydroxylation is 2. The standard InChI is InChI=1S/C16H16F2N2O/c1-9-4-10(2)6-11(5-9)20(3)16(21)12-7-13(17)14(18)8-15(12)19/h4-8H,19H2,1-3H3. The van der Waals surface area contributed by atoms with Crippen LogP contribution in [0.4, 0.5) is 20.2 Å². The molecule has 0 aromatic heterocycles. The van der Waals surface area contributed by atoms with E-state index in [1.165, 1.54) is 4.90 Å². The predicted molar refractivity (Wildman–Crippen MR) is 79.4 cm³/mol. The fourth-order valence-corrected chi connectivity index (χ4v) is 2.19. The van der Waals surface area contributed by atoms with E-state index in [0.717, 1.165) is 23.3 Å². The van der Waals surface area contributed by atoms with Crippen molar-refractivity contribution in [2.45, 2.75) is 13.8 Å². The van der Waals surface area contributed by atoms with Crippen molar-refractivity contribution in [3.8, 4) is 0 Å². The summed E-state index contributed by atoms with van der Waals surface area (Å²) < 4.78 is 26.4. The summed E-state index contributed by atoms with van der Waals surface area (Å²) in [5, 5.41) is 0. The third kappa shape index (κ3) is 3.02. The number of nitrogens with zero attached hydrogens (tertiary/aromatic N) is 1. The molecule has 2 N–H and O–H groups in total. The van der Waals surface area contributed by atoms with Gasteiger partial charge in [-0.1, -0.05) is 6.07 Å². The number of rotatable bonds is 2. The Labute approximate surface area is 122 Å². The molecule has 1 amide bonds. The molecule has 0 unspecified atom stereocenters. The Morgan fingerprint density at radius 3 is 2.10 bits per heavy atom. The lowest BCUT2D eigenvalue weighted by atomic mass is 10.1. The van der Waals surface area contributed by atoms with Crippen molar-refractivity contribution in [2.75, 3.05) is 17.7 Å². The van der Waals surface area contributed by atoms with E-state index >= 15 is 0 Å². The van der Waals surface area contributed by atoms with Crippen LogP contribution < -0.4 is 10.6 Å². The molecule has 0 saturated carbocycles. The Balaban J connectivity index is 2.42. The number of amides is 1. The van der Waals surface area contributed by atoms with E-state index in [4.69, 9.17) is 5.73 Å². The molecule has 0 atom stereocenters. The summed E-state index contributed by atoms with van der Waals surface area (Å²) in [4.78, 5) is 13.8. The van der Waals surface area contributed by atoms with Gasteiger partial charge in [-0.15, -0.1) is 0 Å². The fourth-order valence-electron chi connectivity index (χ4n) is 2.19. The average molecular weight is 290 g/mol. The minimum absolute atomic E-state index is 0.0597. The van der Waals surface area contributed by atoms with Gasteiger partial charge in [-0.25, -0.2) is 8.78 Å². The third-order valence-corrected chi connectivity index (χ3v) is 3.22. The first-order chi connectivity index (χ1) is 9.79. The van der Waals surface area contributed by atoms with E-state index in [-0.39, 0.29) is 11.3 Å². The Morgan fingerprint density at radius 1 is 1.00 bits per heavy atom. The molecule has 5 heteroatoms. The molecule has 0 radical (unpaired) electrons. The number of nitrogen functional groups attached to an aromatic ring is 1. The van der Waals surface area contributed by atoms with Crippen LogP contribution in [-0.4, -0.2) is 13.0 Å². The highest BCUT2D eigenvalue weighted by atomic mass is 19.2. The normalized spacial score (nSPS) is 10.5. The zero-order chi connectivity index (χ0) is 15.7. The third-order valence-electron chi connectivity index (χ3n) is 3.22. The predicted octanol–water partition coefficient (Wildman–Crippen LogP) is 3.44. The van der Waals surface area contributed by atoms with Crippen LogP contribution in [0.1, 0.15) is 21.5 Å². The van der Waals surface area contributed by atoms with Crippen LogP contribution in [0.15, 0.2) is 30.3 Å². The van der Waals surface area contributed by atoms with Gasteiger partial charge in [0, 0.05) is 24.5 Å². The van der Waals surface area contributed by atoms with Crippen LogP contribution in [0.25, 0.3) is 0 Å². The van der Waals surface area contributed by atoms with E-state index in [1.54, 1.807) is 7.05 Å². The second kappa shape index (κ2) is 5.52. The molecule has 3 nitrogen and oxygen atoms in total. The molecule has 0 fully saturated rings. The van der Waals surface area contributed by atoms with Crippen molar-refractivity contribution in [1.29, 1.82) is 0 Å². The molecule has 0 aliphatic heterocycles. The number of nitrogens with two attached hydrogens (primary N) is 1. The second-order valence-corrected chi connectivity index (χ2v) is 5.06. The zero-order valence-electron chi connectivity index (χ0n) is 12.1. The molecule has 0 spiro atoms. The minimum atomic E-state index is -1.10. The van der Waals surface area contributed by atoms with E-state index in [2.05, 4.69) is 0 Å². The topological polar surface area (TPSA) is 46.3 Å². The van der Waals surface area contributed by atoms with Crippen LogP contribution in [0.2, 0.25) is 0 Å². The largest absolute Gasteiger partial charge is 0.398 e. The minimum Gasteiger partial charge on any atom is -0.398 e. The maximum atomic E-state index is 13.3. The number of carbonyl (C=O) groups excluding carboxylic acids is 1. The van der Waals surface area contributed by atoms with Gasteiger partial charge < -0.3 is 10.6 Å². The number of halogens is 2. The SMILES string of the molecule is Cc1cc(C)cc(N(C)C(=O)c2cc(F)c(F)cc2N)c1. The number of carbonyl (C=O) groups is 1. The molecule has 0 bridgehead atoms. The Hall–Kier alpha value is -2.43. The van der Waals surface area contributed by atoms with Crippen LogP contribution in [-0.2, 0) is 0 Å². The van der Waals surface area contributed by atoms with Crippen molar-refractivity contribution in [2.24, 2.45) is 0 Å². The second-order valence-electron chi connectivity index (χ2n) is 5.06. The van der Waals surface area contributed by atoms with Crippen LogP contribution in [0, 0.1) is 25.5 Å². The summed E-state index contributed by atoms with van der Waals surface area (Å²) in [6.45, 7) is 3.83. The Bertz CT molecular complexity index is 693. The van der Waals surface area contributed by atoms with Gasteiger partial charge in [0.2, 0.25) is 0 Å². The molecule has 0 aliphatic carbocycles. The lowest BCUT2D eigenvalue weighted by molar-refractivity contribution is 0.0993. The van der Waals surface area contributed by atoms with Gasteiger partial charge in [0.15, 0.2) is 11.6 Å². The Kier molecular flexibility index (Phi) is 3.93. The molecule has 0 aliphatic rings. The van der Waals surface area contributed by atoms with Gasteiger partial charge in [0.1, 0.15) is 0 Å². The number of hydrogen-bond acceptors (Lipinski definition) is 2. The van der Waals surface area contributed by atoms with E-state index in [1.807, 2.05) is 32.0 Å². The van der Waals surface area contributed by atoms with Crippen molar-refractivity contribution in [1.82, 2.24) is 0 Å². The molecule has 2 aromatic rings. The summed E-state index contributed by atoms with van der Waals surface area (Å²) >= 11 is 0. The van der Waals surface area contributed by atoms with E-state index in [0.29, 0.717) is 5.69 Å². The van der Waals surface area contributed by atoms with E-state index in [9.17, 15) is 13.6 Å². The summed E-state index contributed by atoms with van der Waals surface area (Å²) in [6, 6.07) is 7.29. The van der Waals surface area contributed by atoms with Crippen molar-refractivity contribution in [3.05, 3.63) is 58.7 Å². The molecule has 21 heavy (non-hydrogen) atoms. The quantitative estimate of drug-likeness (QED) is 0.861. The first kappa shape index (κ1) is 15.0. The lowest BCUT2D eigenvalue weighted by Gasteiger charge is -2.19. The van der Waals surface area contributed by atoms with Crippen molar-refractivity contribution >= 4 is 17.3 Å². The molecule has 0 heterocycles. The monoisotopic (exact) mass is 290 g/mol. The summed E-state index contributed by atoms with van der Waals surface area (Å²) in [5.74, 6) is -2.66. The highest BCUT2D eigenvalue weighted by Gasteiger charge is 2.19. The van der Waals surface area contributed by atoms with Gasteiger partial charge >= 0.3 is 0 Å². The molecular weight excluding hydrogens is 274 g/mol. The highest BCUT2D eigenvalue weighted by Crippen LogP contribution is 2.23. The number of benzene rings is 2. The average Bonchev–Trinajstić information content (AvgIpc) is 2.40. The van der Waals surface area contributed by atoms with Gasteiger partial charge in [-0.2, -0.15) is 0 Å². The van der Waals surface area contributed by atoms with Crippen LogP contribution in [0.3, 0.4) is 0 Å². The van der Waals surface area contributed by atoms with Crippen molar-refractivity contribution in [3.63, 3.8) is 0 Å². The fraction of sp³-hybridized carbons (Fsp3) is 0.188. The van der Waals surface area contributed by atoms with E-state index < -0.39 is 17.5 Å². The van der Waals surface area contributed by atoms with Gasteiger partial charge in [-0.05, 0) is 43.2 Å². The Morgan fingerprint density at radius 2 is 1.52 bits per heavy atom. The first-order valence-electron chi connectivity index (χ1n) is 6.40. The zero-order valence-corrected chi connectivity index (χ0v) is 12.1.